The van der Waals surface area contributed by atoms with Crippen molar-refractivity contribution >= 4 is 11.7 Å². The minimum Gasteiger partial charge on any atom is -0.489 e. The first kappa shape index (κ1) is 26.0. The fourth-order valence-corrected chi connectivity index (χ4v) is 3.62. The van der Waals surface area contributed by atoms with E-state index in [-0.39, 0.29) is 6.10 Å². The number of carboxylic acid groups (broad SMARTS) is 1. The van der Waals surface area contributed by atoms with Crippen LogP contribution < -0.4 is 4.74 Å². The van der Waals surface area contributed by atoms with Crippen LogP contribution in [0.3, 0.4) is 0 Å². The van der Waals surface area contributed by atoms with E-state index in [2.05, 4.69) is 48.4 Å². The summed E-state index contributed by atoms with van der Waals surface area (Å²) in [6.45, 7) is 10.2. The molecule has 0 fully saturated rings. The zero-order chi connectivity index (χ0) is 25.4. The summed E-state index contributed by atoms with van der Waals surface area (Å²) in [5, 5.41) is 18.0. The highest BCUT2D eigenvalue weighted by Crippen LogP contribution is 2.19. The molecule has 0 aliphatic rings. The topological polar surface area (TPSA) is 85.9 Å². The van der Waals surface area contributed by atoms with Crippen LogP contribution in [-0.2, 0) is 29.1 Å². The van der Waals surface area contributed by atoms with Crippen LogP contribution in [0.25, 0.3) is 5.69 Å². The molecule has 1 aromatic heterocycles. The van der Waals surface area contributed by atoms with E-state index >= 15 is 0 Å². The number of ether oxygens (including phenoxy) is 1. The molecule has 1 heterocycles. The lowest BCUT2D eigenvalue weighted by Crippen LogP contribution is -2.24. The lowest BCUT2D eigenvalue weighted by molar-refractivity contribution is -0.139. The second kappa shape index (κ2) is 12.2. The van der Waals surface area contributed by atoms with E-state index < -0.39 is 11.9 Å². The van der Waals surface area contributed by atoms with Gasteiger partial charge in [-0.2, -0.15) is 5.10 Å². The Bertz CT molecular complexity index is 1120. The number of hydrogen-bond acceptors (Lipinski definition) is 5. The van der Waals surface area contributed by atoms with Crippen LogP contribution in [0.1, 0.15) is 51.3 Å². The molecule has 0 saturated carbocycles. The van der Waals surface area contributed by atoms with Crippen molar-refractivity contribution in [3.05, 3.63) is 77.6 Å². The second-order valence-corrected chi connectivity index (χ2v) is 9.47. The van der Waals surface area contributed by atoms with Gasteiger partial charge in [-0.25, -0.2) is 4.68 Å². The van der Waals surface area contributed by atoms with E-state index in [1.54, 1.807) is 13.1 Å². The van der Waals surface area contributed by atoms with Crippen molar-refractivity contribution in [2.45, 2.75) is 60.2 Å². The molecular formula is C28H35N3O4. The Morgan fingerprint density at radius 1 is 0.971 bits per heavy atom. The minimum atomic E-state index is -0.925. The number of benzene rings is 2. The van der Waals surface area contributed by atoms with E-state index in [9.17, 15) is 9.90 Å². The predicted molar refractivity (Wildman–Crippen MR) is 137 cm³/mol. The lowest BCUT2D eigenvalue weighted by Gasteiger charge is -2.13. The number of rotatable bonds is 12. The molecule has 3 rings (SSSR count). The summed E-state index contributed by atoms with van der Waals surface area (Å²) in [4.78, 5) is 16.9. The SMILES string of the molecule is CC(=NOC(C)C)C(Cc1ccc(OCc2cnn(-c3ccc(CC(C)C)cc3)c2)cc1)C(=O)O. The van der Waals surface area contributed by atoms with Crippen LogP contribution in [0, 0.1) is 11.8 Å². The van der Waals surface area contributed by atoms with Crippen LogP contribution in [0.5, 0.6) is 5.75 Å². The minimum absolute atomic E-state index is 0.0989. The molecule has 0 radical (unpaired) electrons. The molecule has 7 heteroatoms. The number of nitrogens with zero attached hydrogens (tertiary/aromatic N) is 3. The highest BCUT2D eigenvalue weighted by Gasteiger charge is 2.22. The van der Waals surface area contributed by atoms with E-state index in [0.717, 1.165) is 23.2 Å². The van der Waals surface area contributed by atoms with Crippen LogP contribution >= 0.6 is 0 Å². The van der Waals surface area contributed by atoms with E-state index in [4.69, 9.17) is 9.57 Å². The van der Waals surface area contributed by atoms with Gasteiger partial charge in [0.15, 0.2) is 0 Å². The molecule has 1 unspecified atom stereocenters. The number of aliphatic carboxylic acids is 1. The monoisotopic (exact) mass is 477 g/mol. The molecule has 0 aliphatic carbocycles. The third-order valence-electron chi connectivity index (χ3n) is 5.46. The first-order valence-electron chi connectivity index (χ1n) is 12.0. The van der Waals surface area contributed by atoms with Gasteiger partial charge in [-0.1, -0.05) is 43.3 Å². The van der Waals surface area contributed by atoms with Gasteiger partial charge in [0.25, 0.3) is 0 Å². The highest BCUT2D eigenvalue weighted by molar-refractivity contribution is 6.00. The molecular weight excluding hydrogens is 442 g/mol. The zero-order valence-corrected chi connectivity index (χ0v) is 21.1. The fourth-order valence-electron chi connectivity index (χ4n) is 3.62. The summed E-state index contributed by atoms with van der Waals surface area (Å²) in [7, 11) is 0. The molecule has 0 amide bonds. The van der Waals surface area contributed by atoms with Crippen molar-refractivity contribution in [3.63, 3.8) is 0 Å². The van der Waals surface area contributed by atoms with Gasteiger partial charge in [-0.3, -0.25) is 4.79 Å². The van der Waals surface area contributed by atoms with Crippen molar-refractivity contribution < 1.29 is 19.5 Å². The first-order valence-corrected chi connectivity index (χ1v) is 12.0. The zero-order valence-electron chi connectivity index (χ0n) is 21.1. The van der Waals surface area contributed by atoms with Crippen molar-refractivity contribution in [1.82, 2.24) is 9.78 Å². The van der Waals surface area contributed by atoms with Crippen LogP contribution in [0.15, 0.2) is 66.1 Å². The summed E-state index contributed by atoms with van der Waals surface area (Å²) >= 11 is 0. The predicted octanol–water partition coefficient (Wildman–Crippen LogP) is 5.69. The maximum Gasteiger partial charge on any atom is 0.312 e. The number of aromatic nitrogens is 2. The number of carboxylic acids is 1. The van der Waals surface area contributed by atoms with Crippen LogP contribution in [-0.4, -0.2) is 32.7 Å². The molecule has 0 bridgehead atoms. The second-order valence-electron chi connectivity index (χ2n) is 9.47. The largest absolute Gasteiger partial charge is 0.489 e. The van der Waals surface area contributed by atoms with Gasteiger partial charge in [0, 0.05) is 11.8 Å². The van der Waals surface area contributed by atoms with Crippen LogP contribution in [0.4, 0.5) is 0 Å². The van der Waals surface area contributed by atoms with Gasteiger partial charge in [0.05, 0.1) is 17.6 Å². The Hall–Kier alpha value is -3.61. The molecule has 2 aromatic carbocycles. The average molecular weight is 478 g/mol. The molecule has 7 nitrogen and oxygen atoms in total. The van der Waals surface area contributed by atoms with E-state index in [1.165, 1.54) is 5.56 Å². The third kappa shape index (κ3) is 7.98. The molecule has 1 N–H and O–H groups in total. The van der Waals surface area contributed by atoms with E-state index in [1.807, 2.05) is 49.0 Å². The number of hydrogen-bond donors (Lipinski definition) is 1. The van der Waals surface area contributed by atoms with Gasteiger partial charge < -0.3 is 14.7 Å². The molecule has 186 valence electrons. The maximum atomic E-state index is 11.7. The summed E-state index contributed by atoms with van der Waals surface area (Å²) in [6, 6.07) is 15.9. The van der Waals surface area contributed by atoms with Crippen LogP contribution in [0.2, 0.25) is 0 Å². The van der Waals surface area contributed by atoms with Gasteiger partial charge in [-0.15, -0.1) is 0 Å². The smallest absolute Gasteiger partial charge is 0.312 e. The summed E-state index contributed by atoms with van der Waals surface area (Å²) in [5.74, 6) is -0.333. The quantitative estimate of drug-likeness (QED) is 0.267. The molecule has 35 heavy (non-hydrogen) atoms. The Labute approximate surface area is 207 Å². The van der Waals surface area contributed by atoms with Crippen molar-refractivity contribution in [2.75, 3.05) is 0 Å². The van der Waals surface area contributed by atoms with Gasteiger partial charge in [0.1, 0.15) is 24.4 Å². The third-order valence-corrected chi connectivity index (χ3v) is 5.46. The summed E-state index contributed by atoms with van der Waals surface area (Å²) in [6.07, 6.45) is 5.06. The normalized spacial score (nSPS) is 12.7. The number of carbonyl (C=O) groups is 1. The van der Waals surface area contributed by atoms with Crippen molar-refractivity contribution in [1.29, 1.82) is 0 Å². The molecule has 0 aliphatic heterocycles. The van der Waals surface area contributed by atoms with Crippen molar-refractivity contribution in [2.24, 2.45) is 17.0 Å². The van der Waals surface area contributed by atoms with Gasteiger partial charge in [0.2, 0.25) is 0 Å². The summed E-state index contributed by atoms with van der Waals surface area (Å²) in [5.41, 5.74) is 4.63. The Balaban J connectivity index is 1.56. The molecule has 0 saturated heterocycles. The van der Waals surface area contributed by atoms with Gasteiger partial charge >= 0.3 is 5.97 Å². The Morgan fingerprint density at radius 3 is 2.20 bits per heavy atom. The highest BCUT2D eigenvalue weighted by atomic mass is 16.6. The maximum absolute atomic E-state index is 11.7. The molecule has 1 atom stereocenters. The summed E-state index contributed by atoms with van der Waals surface area (Å²) < 4.78 is 7.76. The standard InChI is InChI=1S/C28H35N3O4/c1-19(2)14-22-6-10-25(11-7-22)31-17-24(16-29-31)18-34-26-12-8-23(9-13-26)15-27(28(32)33)21(5)30-35-20(3)4/h6-13,16-17,19-20,27H,14-15,18H2,1-5H3,(H,32,33). The molecule has 0 spiro atoms. The van der Waals surface area contributed by atoms with E-state index in [0.29, 0.717) is 30.4 Å². The van der Waals surface area contributed by atoms with Gasteiger partial charge in [-0.05, 0) is 74.9 Å². The lowest BCUT2D eigenvalue weighted by atomic mass is 9.95. The first-order chi connectivity index (χ1) is 16.7. The average Bonchev–Trinajstić information content (AvgIpc) is 3.29. The van der Waals surface area contributed by atoms with Crippen molar-refractivity contribution in [3.8, 4) is 11.4 Å². The Morgan fingerprint density at radius 2 is 1.60 bits per heavy atom. The Kier molecular flexibility index (Phi) is 9.06. The molecule has 3 aromatic rings. The fraction of sp³-hybridized carbons (Fsp3) is 0.393. The number of oxime groups is 1.